The van der Waals surface area contributed by atoms with Crippen LogP contribution in [-0.4, -0.2) is 41.5 Å². The number of nitrogens with zero attached hydrogens (tertiary/aromatic N) is 3. The molecule has 1 N–H and O–H groups in total. The maximum Gasteiger partial charge on any atom is 0.243 e. The van der Waals surface area contributed by atoms with E-state index in [0.717, 1.165) is 36.9 Å². The van der Waals surface area contributed by atoms with Gasteiger partial charge in [0.05, 0.1) is 10.6 Å². The fourth-order valence-electron chi connectivity index (χ4n) is 3.84. The molecule has 7 nitrogen and oxygen atoms in total. The van der Waals surface area contributed by atoms with E-state index in [-0.39, 0.29) is 12.3 Å². The van der Waals surface area contributed by atoms with Crippen molar-refractivity contribution in [1.29, 1.82) is 0 Å². The van der Waals surface area contributed by atoms with Crippen molar-refractivity contribution >= 4 is 21.7 Å². The maximum atomic E-state index is 12.9. The van der Waals surface area contributed by atoms with Gasteiger partial charge in [-0.15, -0.1) is 0 Å². The highest BCUT2D eigenvalue weighted by atomic mass is 32.2. The molecule has 1 aliphatic rings. The van der Waals surface area contributed by atoms with Crippen molar-refractivity contribution in [3.63, 3.8) is 0 Å². The summed E-state index contributed by atoms with van der Waals surface area (Å²) in [5.41, 5.74) is 1.84. The number of nitrogens with one attached hydrogen (secondary N) is 1. The summed E-state index contributed by atoms with van der Waals surface area (Å²) in [6.07, 6.45) is 6.60. The van der Waals surface area contributed by atoms with E-state index in [4.69, 9.17) is 0 Å². The topological polar surface area (TPSA) is 84.3 Å². The molecule has 2 aromatic carbocycles. The van der Waals surface area contributed by atoms with Crippen molar-refractivity contribution in [3.05, 3.63) is 72.4 Å². The van der Waals surface area contributed by atoms with Gasteiger partial charge < -0.3 is 5.32 Å². The van der Waals surface area contributed by atoms with Crippen molar-refractivity contribution in [1.82, 2.24) is 14.1 Å². The Kier molecular flexibility index (Phi) is 7.02. The molecule has 3 aromatic rings. The van der Waals surface area contributed by atoms with Crippen LogP contribution in [0.2, 0.25) is 0 Å². The molecule has 0 unspecified atom stereocenters. The van der Waals surface area contributed by atoms with E-state index in [1.54, 1.807) is 45.5 Å². The van der Waals surface area contributed by atoms with Crippen LogP contribution in [0.1, 0.15) is 37.7 Å². The lowest BCUT2D eigenvalue weighted by atomic mass is 10.1. The average molecular weight is 453 g/mol. The lowest BCUT2D eigenvalue weighted by Gasteiger charge is -2.20. The van der Waals surface area contributed by atoms with Crippen LogP contribution in [0.5, 0.6) is 0 Å². The first-order valence-corrected chi connectivity index (χ1v) is 12.5. The molecule has 0 spiro atoms. The summed E-state index contributed by atoms with van der Waals surface area (Å²) in [7, 11) is -3.45. The lowest BCUT2D eigenvalue weighted by Crippen LogP contribution is -2.31. The number of carbonyl (C=O) groups excluding carboxylic acids is 1. The van der Waals surface area contributed by atoms with Crippen molar-refractivity contribution in [2.75, 3.05) is 18.4 Å². The Balaban J connectivity index is 1.31. The minimum absolute atomic E-state index is 0.135. The Morgan fingerprint density at radius 2 is 1.59 bits per heavy atom. The molecule has 1 aromatic heterocycles. The molecule has 0 aliphatic carbocycles. The predicted octanol–water partition coefficient (Wildman–Crippen LogP) is 4.01. The van der Waals surface area contributed by atoms with Crippen molar-refractivity contribution in [3.8, 4) is 5.69 Å². The van der Waals surface area contributed by atoms with Crippen LogP contribution in [0.3, 0.4) is 0 Å². The first-order valence-electron chi connectivity index (χ1n) is 11.0. The van der Waals surface area contributed by atoms with Crippen LogP contribution in [0, 0.1) is 0 Å². The average Bonchev–Trinajstić information content (AvgIpc) is 3.09. The van der Waals surface area contributed by atoms with Crippen LogP contribution < -0.4 is 5.32 Å². The highest BCUT2D eigenvalue weighted by Gasteiger charge is 2.24. The molecule has 0 bridgehead atoms. The fraction of sp³-hybridized carbons (Fsp3) is 0.333. The summed E-state index contributed by atoms with van der Waals surface area (Å²) >= 11 is 0. The Morgan fingerprint density at radius 3 is 2.28 bits per heavy atom. The van der Waals surface area contributed by atoms with Crippen LogP contribution in [0.25, 0.3) is 5.69 Å². The molecule has 2 heterocycles. The molecular weight excluding hydrogens is 424 g/mol. The fourth-order valence-corrected chi connectivity index (χ4v) is 5.35. The normalized spacial score (nSPS) is 15.2. The van der Waals surface area contributed by atoms with Gasteiger partial charge in [-0.1, -0.05) is 43.2 Å². The van der Waals surface area contributed by atoms with Gasteiger partial charge in [0.25, 0.3) is 0 Å². The smallest absolute Gasteiger partial charge is 0.243 e. The summed E-state index contributed by atoms with van der Waals surface area (Å²) in [5, 5.41) is 7.19. The second-order valence-electron chi connectivity index (χ2n) is 7.99. The Labute approximate surface area is 189 Å². The number of aromatic nitrogens is 2. The maximum absolute atomic E-state index is 12.9. The molecule has 1 fully saturated rings. The quantitative estimate of drug-likeness (QED) is 0.587. The molecule has 1 saturated heterocycles. The molecular formula is C24H28N4O3S. The molecule has 0 radical (unpaired) electrons. The lowest BCUT2D eigenvalue weighted by molar-refractivity contribution is -0.116. The first-order chi connectivity index (χ1) is 15.5. The number of anilines is 1. The number of sulfonamides is 1. The summed E-state index contributed by atoms with van der Waals surface area (Å²) < 4.78 is 29.1. The van der Waals surface area contributed by atoms with Crippen molar-refractivity contribution < 1.29 is 13.2 Å². The van der Waals surface area contributed by atoms with Gasteiger partial charge in [-0.2, -0.15) is 9.40 Å². The van der Waals surface area contributed by atoms with Gasteiger partial charge in [0.1, 0.15) is 0 Å². The van der Waals surface area contributed by atoms with E-state index >= 15 is 0 Å². The van der Waals surface area contributed by atoms with Gasteiger partial charge in [-0.25, -0.2) is 13.1 Å². The molecule has 0 atom stereocenters. The second-order valence-corrected chi connectivity index (χ2v) is 9.93. The molecule has 1 amide bonds. The zero-order valence-electron chi connectivity index (χ0n) is 18.0. The summed E-state index contributed by atoms with van der Waals surface area (Å²) in [4.78, 5) is 12.7. The van der Waals surface area contributed by atoms with Crippen LogP contribution in [-0.2, 0) is 21.2 Å². The number of amides is 1. The highest BCUT2D eigenvalue weighted by molar-refractivity contribution is 7.89. The third-order valence-corrected chi connectivity index (χ3v) is 7.56. The summed E-state index contributed by atoms with van der Waals surface area (Å²) in [6, 6.07) is 18.3. The van der Waals surface area contributed by atoms with E-state index in [1.165, 1.54) is 0 Å². The molecule has 8 heteroatoms. The monoisotopic (exact) mass is 452 g/mol. The Bertz CT molecular complexity index is 1130. The number of benzene rings is 2. The summed E-state index contributed by atoms with van der Waals surface area (Å²) in [5.74, 6) is 0.363. The number of aryl methyl sites for hydroxylation is 1. The Morgan fingerprint density at radius 1 is 0.906 bits per heavy atom. The minimum atomic E-state index is -3.45. The first kappa shape index (κ1) is 22.2. The van der Waals surface area contributed by atoms with Gasteiger partial charge in [0, 0.05) is 31.8 Å². The van der Waals surface area contributed by atoms with Crippen LogP contribution >= 0.6 is 0 Å². The van der Waals surface area contributed by atoms with Crippen LogP contribution in [0.15, 0.2) is 71.8 Å². The number of carbonyl (C=O) groups is 1. The minimum Gasteiger partial charge on any atom is -0.309 e. The molecule has 1 aliphatic heterocycles. The van der Waals surface area contributed by atoms with Crippen LogP contribution in [0.4, 0.5) is 5.82 Å². The molecule has 0 saturated carbocycles. The molecule has 168 valence electrons. The third kappa shape index (κ3) is 5.44. The standard InChI is InChI=1S/C24H28N4O3S/c29-24(25-23-16-19-28(26-23)21-8-4-3-5-9-21)15-12-20-10-13-22(14-11-20)32(30,31)27-17-6-1-2-7-18-27/h3-5,8-11,13-14,16,19H,1-2,6-7,12,15,17-18H2,(H,25,26,29). The van der Waals surface area contributed by atoms with Crippen molar-refractivity contribution in [2.24, 2.45) is 0 Å². The third-order valence-electron chi connectivity index (χ3n) is 5.64. The second kappa shape index (κ2) is 10.1. The van der Waals surface area contributed by atoms with Gasteiger partial charge >= 0.3 is 0 Å². The van der Waals surface area contributed by atoms with Gasteiger partial charge in [0.2, 0.25) is 15.9 Å². The highest BCUT2D eigenvalue weighted by Crippen LogP contribution is 2.21. The van der Waals surface area contributed by atoms with E-state index in [9.17, 15) is 13.2 Å². The van der Waals surface area contributed by atoms with Gasteiger partial charge in [-0.05, 0) is 49.1 Å². The number of hydrogen-bond acceptors (Lipinski definition) is 4. The zero-order chi connectivity index (χ0) is 22.4. The van der Waals surface area contributed by atoms with Gasteiger partial charge in [-0.3, -0.25) is 4.79 Å². The van der Waals surface area contributed by atoms with E-state index in [1.807, 2.05) is 30.3 Å². The zero-order valence-corrected chi connectivity index (χ0v) is 18.8. The van der Waals surface area contributed by atoms with E-state index < -0.39 is 10.0 Å². The Hall–Kier alpha value is -2.97. The number of rotatable bonds is 7. The van der Waals surface area contributed by atoms with E-state index in [2.05, 4.69) is 10.4 Å². The predicted molar refractivity (Wildman–Crippen MR) is 124 cm³/mol. The number of para-hydroxylation sites is 1. The SMILES string of the molecule is O=C(CCc1ccc(S(=O)(=O)N2CCCCCC2)cc1)Nc1ccn(-c2ccccc2)n1. The molecule has 4 rings (SSSR count). The summed E-state index contributed by atoms with van der Waals surface area (Å²) in [6.45, 7) is 1.18. The van der Waals surface area contributed by atoms with Crippen molar-refractivity contribution in [2.45, 2.75) is 43.4 Å². The largest absolute Gasteiger partial charge is 0.309 e. The van der Waals surface area contributed by atoms with Gasteiger partial charge in [0.15, 0.2) is 5.82 Å². The molecule has 32 heavy (non-hydrogen) atoms. The van der Waals surface area contributed by atoms with E-state index in [0.29, 0.717) is 30.2 Å². The number of hydrogen-bond donors (Lipinski definition) is 1.